The van der Waals surface area contributed by atoms with Crippen molar-refractivity contribution in [3.63, 3.8) is 0 Å². The van der Waals surface area contributed by atoms with Crippen LogP contribution in [0.2, 0.25) is 0 Å². The average molecular weight is 312 g/mol. The first kappa shape index (κ1) is 14.3. The molecule has 0 unspecified atom stereocenters. The summed E-state index contributed by atoms with van der Waals surface area (Å²) in [7, 11) is 0. The largest absolute Gasteiger partial charge is 0.494 e. The fraction of sp³-hybridized carbons (Fsp3) is 0.455. The molecule has 2 nitrogen and oxygen atoms in total. The van der Waals surface area contributed by atoms with Gasteiger partial charge < -0.3 is 10.5 Å². The van der Waals surface area contributed by atoms with Crippen molar-refractivity contribution in [2.75, 3.05) is 6.61 Å². The Bertz CT molecular complexity index is 368. The number of ether oxygens (including phenoxy) is 1. The minimum Gasteiger partial charge on any atom is -0.494 e. The Morgan fingerprint density at radius 3 is 2.53 bits per heavy atom. The first-order chi connectivity index (χ1) is 7.90. The van der Waals surface area contributed by atoms with Crippen LogP contribution in [0.3, 0.4) is 0 Å². The van der Waals surface area contributed by atoms with E-state index in [1.165, 1.54) is 0 Å². The Morgan fingerprint density at radius 2 is 1.94 bits per heavy atom. The highest BCUT2D eigenvalue weighted by Gasteiger charge is 2.26. The molecule has 1 rings (SSSR count). The van der Waals surface area contributed by atoms with Gasteiger partial charge in [0.05, 0.1) is 6.61 Å². The molecule has 0 saturated heterocycles. The standard InChI is InChI=1S/C11H13BrF3NO/c12-9-4-8(7-16)5-10(6-9)17-3-1-2-11(13,14)15/h4-6H,1-3,7,16H2. The van der Waals surface area contributed by atoms with Crippen LogP contribution in [0.1, 0.15) is 18.4 Å². The van der Waals surface area contributed by atoms with E-state index in [-0.39, 0.29) is 13.0 Å². The molecule has 0 radical (unpaired) electrons. The van der Waals surface area contributed by atoms with Crippen molar-refractivity contribution in [2.24, 2.45) is 5.73 Å². The van der Waals surface area contributed by atoms with E-state index < -0.39 is 12.6 Å². The summed E-state index contributed by atoms with van der Waals surface area (Å²) in [5.74, 6) is 0.530. The predicted octanol–water partition coefficient (Wildman–Crippen LogP) is 3.63. The molecule has 0 saturated carbocycles. The molecule has 0 aliphatic carbocycles. The maximum absolute atomic E-state index is 11.9. The lowest BCUT2D eigenvalue weighted by molar-refractivity contribution is -0.136. The Labute approximate surface area is 106 Å². The molecule has 17 heavy (non-hydrogen) atoms. The number of hydrogen-bond donors (Lipinski definition) is 1. The molecule has 2 N–H and O–H groups in total. The van der Waals surface area contributed by atoms with E-state index in [0.29, 0.717) is 12.3 Å². The molecule has 6 heteroatoms. The summed E-state index contributed by atoms with van der Waals surface area (Å²) in [6, 6.07) is 5.26. The number of benzene rings is 1. The molecule has 0 heterocycles. The summed E-state index contributed by atoms with van der Waals surface area (Å²) in [5, 5.41) is 0. The normalized spacial score (nSPS) is 11.6. The molecule has 0 amide bonds. The Kier molecular flexibility index (Phi) is 5.27. The first-order valence-corrected chi connectivity index (χ1v) is 5.89. The highest BCUT2D eigenvalue weighted by Crippen LogP contribution is 2.23. The van der Waals surface area contributed by atoms with Gasteiger partial charge in [-0.2, -0.15) is 13.2 Å². The summed E-state index contributed by atoms with van der Waals surface area (Å²) in [4.78, 5) is 0. The Hall–Kier alpha value is -0.750. The Balaban J connectivity index is 2.44. The van der Waals surface area contributed by atoms with E-state index in [4.69, 9.17) is 10.5 Å². The highest BCUT2D eigenvalue weighted by molar-refractivity contribution is 9.10. The van der Waals surface area contributed by atoms with Gasteiger partial charge in [-0.3, -0.25) is 0 Å². The van der Waals surface area contributed by atoms with Gasteiger partial charge >= 0.3 is 6.18 Å². The highest BCUT2D eigenvalue weighted by atomic mass is 79.9. The fourth-order valence-electron chi connectivity index (χ4n) is 1.28. The summed E-state index contributed by atoms with van der Waals surface area (Å²) in [5.41, 5.74) is 6.34. The molecule has 0 fully saturated rings. The predicted molar refractivity (Wildman–Crippen MR) is 62.8 cm³/mol. The van der Waals surface area contributed by atoms with Crippen molar-refractivity contribution in [3.05, 3.63) is 28.2 Å². The van der Waals surface area contributed by atoms with E-state index in [9.17, 15) is 13.2 Å². The molecule has 0 aromatic heterocycles. The van der Waals surface area contributed by atoms with Gasteiger partial charge in [0.15, 0.2) is 0 Å². The summed E-state index contributed by atoms with van der Waals surface area (Å²) < 4.78 is 41.7. The molecule has 0 bridgehead atoms. The minimum absolute atomic E-state index is 0.0416. The van der Waals surface area contributed by atoms with E-state index in [2.05, 4.69) is 15.9 Å². The maximum atomic E-state index is 11.9. The third kappa shape index (κ3) is 5.93. The molecule has 0 aliphatic rings. The number of hydrogen-bond acceptors (Lipinski definition) is 2. The van der Waals surface area contributed by atoms with Crippen molar-refractivity contribution in [3.8, 4) is 5.75 Å². The number of rotatable bonds is 5. The second-order valence-electron chi connectivity index (χ2n) is 3.57. The zero-order valence-electron chi connectivity index (χ0n) is 9.06. The molecule has 0 aliphatic heterocycles. The lowest BCUT2D eigenvalue weighted by Gasteiger charge is -2.09. The minimum atomic E-state index is -4.12. The third-order valence-corrected chi connectivity index (χ3v) is 2.50. The van der Waals surface area contributed by atoms with Crippen molar-refractivity contribution >= 4 is 15.9 Å². The van der Waals surface area contributed by atoms with Gasteiger partial charge in [0, 0.05) is 17.4 Å². The first-order valence-electron chi connectivity index (χ1n) is 5.10. The van der Waals surface area contributed by atoms with E-state index >= 15 is 0 Å². The Morgan fingerprint density at radius 1 is 1.24 bits per heavy atom. The van der Waals surface area contributed by atoms with Gasteiger partial charge in [0.2, 0.25) is 0 Å². The summed E-state index contributed by atoms with van der Waals surface area (Å²) in [6.45, 7) is 0.401. The maximum Gasteiger partial charge on any atom is 0.389 e. The van der Waals surface area contributed by atoms with Crippen LogP contribution in [0.4, 0.5) is 13.2 Å². The van der Waals surface area contributed by atoms with Crippen molar-refractivity contribution < 1.29 is 17.9 Å². The van der Waals surface area contributed by atoms with Crippen LogP contribution in [0.25, 0.3) is 0 Å². The quantitative estimate of drug-likeness (QED) is 0.843. The lowest BCUT2D eigenvalue weighted by Crippen LogP contribution is -2.09. The van der Waals surface area contributed by atoms with Gasteiger partial charge in [-0.05, 0) is 30.2 Å². The van der Waals surface area contributed by atoms with Crippen LogP contribution in [0.5, 0.6) is 5.75 Å². The van der Waals surface area contributed by atoms with Crippen LogP contribution >= 0.6 is 15.9 Å². The van der Waals surface area contributed by atoms with Gasteiger partial charge in [-0.15, -0.1) is 0 Å². The molecule has 1 aromatic rings. The third-order valence-electron chi connectivity index (χ3n) is 2.04. The van der Waals surface area contributed by atoms with Crippen LogP contribution in [0, 0.1) is 0 Å². The molecule has 0 spiro atoms. The van der Waals surface area contributed by atoms with Gasteiger partial charge in [0.25, 0.3) is 0 Å². The van der Waals surface area contributed by atoms with E-state index in [1.54, 1.807) is 12.1 Å². The molecule has 1 aromatic carbocycles. The number of halogens is 4. The summed E-state index contributed by atoms with van der Waals surface area (Å²) >= 11 is 3.28. The number of nitrogens with two attached hydrogens (primary N) is 1. The van der Waals surface area contributed by atoms with Crippen molar-refractivity contribution in [1.29, 1.82) is 0 Å². The second-order valence-corrected chi connectivity index (χ2v) is 4.48. The van der Waals surface area contributed by atoms with Crippen molar-refractivity contribution in [2.45, 2.75) is 25.6 Å². The van der Waals surface area contributed by atoms with Crippen molar-refractivity contribution in [1.82, 2.24) is 0 Å². The van der Waals surface area contributed by atoms with Crippen LogP contribution in [-0.4, -0.2) is 12.8 Å². The molecule has 96 valence electrons. The van der Waals surface area contributed by atoms with Gasteiger partial charge in [0.1, 0.15) is 5.75 Å². The molecule has 0 atom stereocenters. The monoisotopic (exact) mass is 311 g/mol. The van der Waals surface area contributed by atoms with Crippen LogP contribution in [-0.2, 0) is 6.54 Å². The topological polar surface area (TPSA) is 35.2 Å². The van der Waals surface area contributed by atoms with E-state index in [0.717, 1.165) is 10.0 Å². The SMILES string of the molecule is NCc1cc(Br)cc(OCCCC(F)(F)F)c1. The lowest BCUT2D eigenvalue weighted by atomic mass is 10.2. The summed E-state index contributed by atoms with van der Waals surface area (Å²) in [6.07, 6.45) is -5.00. The zero-order chi connectivity index (χ0) is 12.9. The van der Waals surface area contributed by atoms with E-state index in [1.807, 2.05) is 6.07 Å². The second kappa shape index (κ2) is 6.26. The van der Waals surface area contributed by atoms with Gasteiger partial charge in [-0.25, -0.2) is 0 Å². The molecular formula is C11H13BrF3NO. The smallest absolute Gasteiger partial charge is 0.389 e. The number of alkyl halides is 3. The zero-order valence-corrected chi connectivity index (χ0v) is 10.6. The average Bonchev–Trinajstić information content (AvgIpc) is 2.22. The van der Waals surface area contributed by atoms with Crippen LogP contribution in [0.15, 0.2) is 22.7 Å². The molecular weight excluding hydrogens is 299 g/mol. The van der Waals surface area contributed by atoms with Gasteiger partial charge in [-0.1, -0.05) is 15.9 Å². The fourth-order valence-corrected chi connectivity index (χ4v) is 1.80. The van der Waals surface area contributed by atoms with Crippen LogP contribution < -0.4 is 10.5 Å².